The number of benzene rings is 6. The molecular formula is C36H28. The summed E-state index contributed by atoms with van der Waals surface area (Å²) in [6, 6.07) is 41.2. The van der Waals surface area contributed by atoms with Crippen LogP contribution in [0.2, 0.25) is 0 Å². The van der Waals surface area contributed by atoms with Crippen molar-refractivity contribution in [3.8, 4) is 23.0 Å². The Morgan fingerprint density at radius 3 is 1.92 bits per heavy atom. The Hall–Kier alpha value is -4.34. The van der Waals surface area contributed by atoms with E-state index in [9.17, 15) is 0 Å². The summed E-state index contributed by atoms with van der Waals surface area (Å²) in [7, 11) is 0. The molecular weight excluding hydrogens is 432 g/mol. The largest absolute Gasteiger partial charge is 0.0622 e. The molecule has 6 rings (SSSR count). The first-order valence-corrected chi connectivity index (χ1v) is 12.5. The molecule has 0 saturated carbocycles. The minimum atomic E-state index is 0.0487. The normalized spacial score (nSPS) is 11.5. The van der Waals surface area contributed by atoms with Crippen LogP contribution in [0, 0.1) is 11.8 Å². The maximum atomic E-state index is 3.65. The van der Waals surface area contributed by atoms with Gasteiger partial charge in [0.2, 0.25) is 0 Å². The molecule has 0 spiro atoms. The first-order chi connectivity index (χ1) is 17.5. The van der Waals surface area contributed by atoms with Crippen LogP contribution in [0.1, 0.15) is 37.5 Å². The first-order valence-electron chi connectivity index (χ1n) is 12.5. The van der Waals surface area contributed by atoms with E-state index in [1.54, 1.807) is 0 Å². The SMILES string of the molecule is CC(C)(C)c1ccc2c(-c3ccccc3)c3ccccc3c(C#Cc3cccc4ccccc34)c2c1. The molecule has 6 aromatic rings. The second kappa shape index (κ2) is 8.71. The Bertz CT molecular complexity index is 1800. The maximum absolute atomic E-state index is 3.65. The van der Waals surface area contributed by atoms with E-state index >= 15 is 0 Å². The van der Waals surface area contributed by atoms with E-state index in [2.05, 4.69) is 148 Å². The first kappa shape index (κ1) is 22.1. The summed E-state index contributed by atoms with van der Waals surface area (Å²) < 4.78 is 0. The smallest absolute Gasteiger partial charge is 0.0406 e. The second-order valence-corrected chi connectivity index (χ2v) is 10.4. The average Bonchev–Trinajstić information content (AvgIpc) is 2.90. The van der Waals surface area contributed by atoms with Crippen molar-refractivity contribution in [1.29, 1.82) is 0 Å². The third-order valence-electron chi connectivity index (χ3n) is 7.06. The molecule has 6 aromatic carbocycles. The van der Waals surface area contributed by atoms with Gasteiger partial charge in [-0.05, 0) is 66.6 Å². The number of rotatable bonds is 1. The monoisotopic (exact) mass is 460 g/mol. The van der Waals surface area contributed by atoms with Crippen LogP contribution in [-0.2, 0) is 5.41 Å². The molecule has 0 aliphatic rings. The third-order valence-corrected chi connectivity index (χ3v) is 7.06. The predicted octanol–water partition coefficient (Wildman–Crippen LogP) is 9.51. The highest BCUT2D eigenvalue weighted by Crippen LogP contribution is 2.40. The van der Waals surface area contributed by atoms with Crippen LogP contribution in [0.4, 0.5) is 0 Å². The summed E-state index contributed by atoms with van der Waals surface area (Å²) in [5.74, 6) is 7.20. The van der Waals surface area contributed by atoms with Crippen molar-refractivity contribution >= 4 is 32.3 Å². The highest BCUT2D eigenvalue weighted by atomic mass is 14.2. The van der Waals surface area contributed by atoms with Crippen LogP contribution in [-0.4, -0.2) is 0 Å². The van der Waals surface area contributed by atoms with Gasteiger partial charge in [0.15, 0.2) is 0 Å². The van der Waals surface area contributed by atoms with Gasteiger partial charge in [-0.2, -0.15) is 0 Å². The molecule has 0 heterocycles. The summed E-state index contributed by atoms with van der Waals surface area (Å²) in [5, 5.41) is 7.30. The molecule has 0 aromatic heterocycles. The Morgan fingerprint density at radius 2 is 1.14 bits per heavy atom. The fourth-order valence-electron chi connectivity index (χ4n) is 5.16. The molecule has 36 heavy (non-hydrogen) atoms. The van der Waals surface area contributed by atoms with Crippen LogP contribution in [0.5, 0.6) is 0 Å². The van der Waals surface area contributed by atoms with Gasteiger partial charge in [0.25, 0.3) is 0 Å². The maximum Gasteiger partial charge on any atom is 0.0406 e. The molecule has 0 aliphatic carbocycles. The van der Waals surface area contributed by atoms with Gasteiger partial charge < -0.3 is 0 Å². The van der Waals surface area contributed by atoms with Crippen molar-refractivity contribution < 1.29 is 0 Å². The van der Waals surface area contributed by atoms with E-state index < -0.39 is 0 Å². The predicted molar refractivity (Wildman–Crippen MR) is 156 cm³/mol. The molecule has 0 radical (unpaired) electrons. The summed E-state index contributed by atoms with van der Waals surface area (Å²) in [6.07, 6.45) is 0. The lowest BCUT2D eigenvalue weighted by Crippen LogP contribution is -2.10. The summed E-state index contributed by atoms with van der Waals surface area (Å²) in [6.45, 7) is 6.82. The van der Waals surface area contributed by atoms with Crippen LogP contribution >= 0.6 is 0 Å². The van der Waals surface area contributed by atoms with Crippen molar-refractivity contribution in [2.24, 2.45) is 0 Å². The zero-order valence-electron chi connectivity index (χ0n) is 21.0. The quantitative estimate of drug-likeness (QED) is 0.169. The summed E-state index contributed by atoms with van der Waals surface area (Å²) >= 11 is 0. The molecule has 0 atom stereocenters. The number of hydrogen-bond acceptors (Lipinski definition) is 0. The van der Waals surface area contributed by atoms with Gasteiger partial charge in [0, 0.05) is 11.1 Å². The van der Waals surface area contributed by atoms with Gasteiger partial charge in [-0.3, -0.25) is 0 Å². The zero-order chi connectivity index (χ0) is 24.7. The van der Waals surface area contributed by atoms with E-state index in [0.29, 0.717) is 0 Å². The minimum absolute atomic E-state index is 0.0487. The molecule has 0 bridgehead atoms. The van der Waals surface area contributed by atoms with Crippen LogP contribution in [0.25, 0.3) is 43.4 Å². The molecule has 0 amide bonds. The Balaban J connectivity index is 1.72. The molecule has 0 N–H and O–H groups in total. The van der Waals surface area contributed by atoms with Gasteiger partial charge in [0.1, 0.15) is 0 Å². The Morgan fingerprint density at radius 1 is 0.500 bits per heavy atom. The number of hydrogen-bond donors (Lipinski definition) is 0. The van der Waals surface area contributed by atoms with Crippen LogP contribution < -0.4 is 0 Å². The van der Waals surface area contributed by atoms with Gasteiger partial charge in [-0.15, -0.1) is 0 Å². The lowest BCUT2D eigenvalue weighted by molar-refractivity contribution is 0.591. The molecule has 0 nitrogen and oxygen atoms in total. The zero-order valence-corrected chi connectivity index (χ0v) is 21.0. The fourth-order valence-corrected chi connectivity index (χ4v) is 5.16. The topological polar surface area (TPSA) is 0 Å². The van der Waals surface area contributed by atoms with E-state index in [1.807, 2.05) is 0 Å². The lowest BCUT2D eigenvalue weighted by atomic mass is 9.82. The second-order valence-electron chi connectivity index (χ2n) is 10.4. The van der Waals surface area contributed by atoms with Crippen LogP contribution in [0.15, 0.2) is 115 Å². The van der Waals surface area contributed by atoms with Crippen molar-refractivity contribution in [3.63, 3.8) is 0 Å². The molecule has 0 aliphatic heterocycles. The Kier molecular flexibility index (Phi) is 5.36. The van der Waals surface area contributed by atoms with Crippen molar-refractivity contribution in [2.45, 2.75) is 26.2 Å². The minimum Gasteiger partial charge on any atom is -0.0622 e. The van der Waals surface area contributed by atoms with Crippen molar-refractivity contribution in [3.05, 3.63) is 132 Å². The van der Waals surface area contributed by atoms with Gasteiger partial charge >= 0.3 is 0 Å². The van der Waals surface area contributed by atoms with E-state index in [1.165, 1.54) is 49.0 Å². The van der Waals surface area contributed by atoms with Crippen molar-refractivity contribution in [1.82, 2.24) is 0 Å². The fraction of sp³-hybridized carbons (Fsp3) is 0.111. The van der Waals surface area contributed by atoms with Gasteiger partial charge in [-0.1, -0.05) is 136 Å². The number of fused-ring (bicyclic) bond motifs is 3. The highest BCUT2D eigenvalue weighted by Gasteiger charge is 2.18. The average molecular weight is 461 g/mol. The van der Waals surface area contributed by atoms with E-state index in [4.69, 9.17) is 0 Å². The van der Waals surface area contributed by atoms with E-state index in [0.717, 1.165) is 11.1 Å². The third kappa shape index (κ3) is 3.84. The van der Waals surface area contributed by atoms with E-state index in [-0.39, 0.29) is 5.41 Å². The molecule has 0 unspecified atom stereocenters. The molecule has 0 heteroatoms. The molecule has 0 fully saturated rings. The standard InChI is InChI=1S/C36H28/c1-36(2,3)28-21-23-33-34(24-28)31(22-20-26-16-11-15-25-12-7-8-17-29(25)26)30-18-9-10-19-32(30)35(33)27-13-5-4-6-14-27/h4-19,21,23-24H,1-3H3. The lowest BCUT2D eigenvalue weighted by Gasteiger charge is -2.21. The van der Waals surface area contributed by atoms with Crippen LogP contribution in [0.3, 0.4) is 0 Å². The van der Waals surface area contributed by atoms with Gasteiger partial charge in [-0.25, -0.2) is 0 Å². The highest BCUT2D eigenvalue weighted by molar-refractivity contribution is 6.16. The molecule has 0 saturated heterocycles. The summed E-state index contributed by atoms with van der Waals surface area (Å²) in [5.41, 5.74) is 6.03. The van der Waals surface area contributed by atoms with Gasteiger partial charge in [0.05, 0.1) is 0 Å². The Labute approximate surface area is 213 Å². The summed E-state index contributed by atoms with van der Waals surface area (Å²) in [4.78, 5) is 0. The van der Waals surface area contributed by atoms with Crippen molar-refractivity contribution in [2.75, 3.05) is 0 Å². The molecule has 172 valence electrons.